The normalized spacial score (nSPS) is 24.6. The molecule has 1 N–H and O–H groups in total. The zero-order chi connectivity index (χ0) is 18.7. The molecule has 0 fully saturated rings. The molecule has 2 aliphatic carbocycles. The molecule has 4 nitrogen and oxygen atoms in total. The third-order valence-electron chi connectivity index (χ3n) is 4.97. The van der Waals surface area contributed by atoms with Gasteiger partial charge in [0.15, 0.2) is 5.60 Å². The summed E-state index contributed by atoms with van der Waals surface area (Å²) in [6, 6.07) is 5.34. The van der Waals surface area contributed by atoms with Crippen molar-refractivity contribution in [3.05, 3.63) is 52.8 Å². The molecule has 1 aromatic carbocycles. The number of halogens is 4. The highest BCUT2D eigenvalue weighted by molar-refractivity contribution is 5.57. The second kappa shape index (κ2) is 5.17. The van der Waals surface area contributed by atoms with Gasteiger partial charge in [-0.1, -0.05) is 0 Å². The van der Waals surface area contributed by atoms with E-state index < -0.39 is 35.0 Å². The van der Waals surface area contributed by atoms with Crippen molar-refractivity contribution in [3.8, 4) is 17.6 Å². The predicted molar refractivity (Wildman–Crippen MR) is 81.1 cm³/mol. The van der Waals surface area contributed by atoms with E-state index in [-0.39, 0.29) is 35.5 Å². The van der Waals surface area contributed by atoms with Crippen molar-refractivity contribution in [2.45, 2.75) is 36.7 Å². The minimum atomic E-state index is -4.60. The van der Waals surface area contributed by atoms with Crippen LogP contribution in [0.2, 0.25) is 0 Å². The van der Waals surface area contributed by atoms with Crippen molar-refractivity contribution in [1.82, 2.24) is 4.98 Å². The number of nitriles is 1. The molecule has 8 heteroatoms. The minimum Gasteiger partial charge on any atom is -0.455 e. The van der Waals surface area contributed by atoms with Crippen LogP contribution < -0.4 is 4.74 Å². The largest absolute Gasteiger partial charge is 0.455 e. The third kappa shape index (κ3) is 1.95. The maximum atomic E-state index is 14.3. The van der Waals surface area contributed by atoms with E-state index in [9.17, 15) is 22.7 Å². The van der Waals surface area contributed by atoms with E-state index in [2.05, 4.69) is 4.98 Å². The fraction of sp³-hybridized carbons (Fsp3) is 0.333. The third-order valence-corrected chi connectivity index (χ3v) is 4.97. The molecule has 0 aliphatic heterocycles. The summed E-state index contributed by atoms with van der Waals surface area (Å²) >= 11 is 0. The summed E-state index contributed by atoms with van der Waals surface area (Å²) in [5, 5.41) is 19.4. The van der Waals surface area contributed by atoms with Crippen LogP contribution in [0.1, 0.15) is 35.1 Å². The first-order chi connectivity index (χ1) is 12.2. The van der Waals surface area contributed by atoms with Gasteiger partial charge in [0.1, 0.15) is 17.6 Å². The summed E-state index contributed by atoms with van der Waals surface area (Å²) in [5.74, 6) is -8.80. The molecule has 0 radical (unpaired) electrons. The fourth-order valence-electron chi connectivity index (χ4n) is 3.76. The van der Waals surface area contributed by atoms with Gasteiger partial charge in [0, 0.05) is 29.0 Å². The molecule has 1 atom stereocenters. The lowest BCUT2D eigenvalue weighted by Gasteiger charge is -2.36. The van der Waals surface area contributed by atoms with E-state index in [0.29, 0.717) is 0 Å². The molecule has 1 unspecified atom stereocenters. The van der Waals surface area contributed by atoms with E-state index in [1.807, 2.05) is 6.07 Å². The lowest BCUT2D eigenvalue weighted by atomic mass is 9.78. The molecule has 0 bridgehead atoms. The highest BCUT2D eigenvalue weighted by Gasteiger charge is 2.76. The first-order valence-electron chi connectivity index (χ1n) is 7.90. The Morgan fingerprint density at radius 2 is 1.96 bits per heavy atom. The average molecular weight is 364 g/mol. The molecule has 0 saturated heterocycles. The highest BCUT2D eigenvalue weighted by Crippen LogP contribution is 2.64. The maximum Gasteiger partial charge on any atom is 0.346 e. The summed E-state index contributed by atoms with van der Waals surface area (Å²) in [6.07, 6.45) is 2.52. The maximum absolute atomic E-state index is 14.3. The Bertz CT molecular complexity index is 955. The van der Waals surface area contributed by atoms with Gasteiger partial charge < -0.3 is 9.84 Å². The van der Waals surface area contributed by atoms with Crippen molar-refractivity contribution >= 4 is 0 Å². The molecule has 2 aliphatic rings. The number of aliphatic hydroxyl groups is 1. The van der Waals surface area contributed by atoms with Gasteiger partial charge in [0.25, 0.3) is 0 Å². The highest BCUT2D eigenvalue weighted by atomic mass is 19.3. The standard InChI is InChI=1S/C18H12F4N2O2/c19-17(20)13-3-4-14(26-11-6-10(7-23)8-24-9-11)12-2-1-5-16(25,15(12)13)18(17,21)22/h3-4,6,8-9,25H,1-2,5H2. The van der Waals surface area contributed by atoms with Gasteiger partial charge in [-0.15, -0.1) is 0 Å². The van der Waals surface area contributed by atoms with Crippen LogP contribution in [0.25, 0.3) is 0 Å². The summed E-state index contributed by atoms with van der Waals surface area (Å²) in [6.45, 7) is 0. The number of hydrogen-bond donors (Lipinski definition) is 1. The second-order valence-corrected chi connectivity index (χ2v) is 6.45. The summed E-state index contributed by atoms with van der Waals surface area (Å²) in [4.78, 5) is 3.83. The Morgan fingerprint density at radius 1 is 1.19 bits per heavy atom. The quantitative estimate of drug-likeness (QED) is 0.818. The van der Waals surface area contributed by atoms with Crippen molar-refractivity contribution in [1.29, 1.82) is 5.26 Å². The van der Waals surface area contributed by atoms with Gasteiger partial charge in [0.2, 0.25) is 0 Å². The van der Waals surface area contributed by atoms with Gasteiger partial charge in [-0.3, -0.25) is 4.98 Å². The van der Waals surface area contributed by atoms with Gasteiger partial charge in [0.05, 0.1) is 11.8 Å². The van der Waals surface area contributed by atoms with Crippen LogP contribution in [0, 0.1) is 11.3 Å². The molecule has 134 valence electrons. The molecular weight excluding hydrogens is 352 g/mol. The lowest BCUT2D eigenvalue weighted by Crippen LogP contribution is -2.49. The van der Waals surface area contributed by atoms with Gasteiger partial charge in [-0.25, -0.2) is 0 Å². The smallest absolute Gasteiger partial charge is 0.346 e. The van der Waals surface area contributed by atoms with Crippen LogP contribution in [0.15, 0.2) is 30.6 Å². The van der Waals surface area contributed by atoms with E-state index in [0.717, 1.165) is 6.07 Å². The average Bonchev–Trinajstić information content (AvgIpc) is 2.73. The molecule has 0 spiro atoms. The van der Waals surface area contributed by atoms with Crippen molar-refractivity contribution < 1.29 is 27.4 Å². The molecule has 4 rings (SSSR count). The van der Waals surface area contributed by atoms with E-state index in [4.69, 9.17) is 10.00 Å². The van der Waals surface area contributed by atoms with Gasteiger partial charge in [-0.2, -0.15) is 22.8 Å². The SMILES string of the molecule is N#Cc1cncc(Oc2ccc3c4c2CCCC4(O)C(F)(F)C3(F)F)c1. The number of benzene rings is 1. The van der Waals surface area contributed by atoms with E-state index in [1.54, 1.807) is 0 Å². The van der Waals surface area contributed by atoms with Crippen LogP contribution >= 0.6 is 0 Å². The molecule has 1 aromatic heterocycles. The number of aromatic nitrogens is 1. The van der Waals surface area contributed by atoms with Gasteiger partial charge in [-0.05, 0) is 31.4 Å². The number of alkyl halides is 4. The second-order valence-electron chi connectivity index (χ2n) is 6.45. The minimum absolute atomic E-state index is 0.0901. The molecule has 0 amide bonds. The number of hydrogen-bond acceptors (Lipinski definition) is 4. The van der Waals surface area contributed by atoms with Crippen LogP contribution in [0.4, 0.5) is 17.6 Å². The number of nitrogens with zero attached hydrogens (tertiary/aromatic N) is 2. The fourth-order valence-corrected chi connectivity index (χ4v) is 3.76. The van der Waals surface area contributed by atoms with Crippen molar-refractivity contribution in [2.24, 2.45) is 0 Å². The van der Waals surface area contributed by atoms with Crippen molar-refractivity contribution in [2.75, 3.05) is 0 Å². The Balaban J connectivity index is 1.87. The van der Waals surface area contributed by atoms with Crippen LogP contribution in [-0.4, -0.2) is 16.0 Å². The number of rotatable bonds is 2. The van der Waals surface area contributed by atoms with Crippen LogP contribution in [-0.2, 0) is 17.9 Å². The van der Waals surface area contributed by atoms with Crippen LogP contribution in [0.5, 0.6) is 11.5 Å². The van der Waals surface area contributed by atoms with E-state index >= 15 is 0 Å². The summed E-state index contributed by atoms with van der Waals surface area (Å²) in [7, 11) is 0. The predicted octanol–water partition coefficient (Wildman–Crippen LogP) is 4.01. The molecule has 1 heterocycles. The lowest BCUT2D eigenvalue weighted by molar-refractivity contribution is -0.288. The van der Waals surface area contributed by atoms with E-state index in [1.165, 1.54) is 24.5 Å². The molecule has 0 saturated carbocycles. The van der Waals surface area contributed by atoms with Crippen LogP contribution in [0.3, 0.4) is 0 Å². The van der Waals surface area contributed by atoms with Crippen molar-refractivity contribution in [3.63, 3.8) is 0 Å². The Labute approximate surface area is 145 Å². The molecule has 2 aromatic rings. The topological polar surface area (TPSA) is 66.1 Å². The molecule has 26 heavy (non-hydrogen) atoms. The number of ether oxygens (including phenoxy) is 1. The Hall–Kier alpha value is -2.66. The Morgan fingerprint density at radius 3 is 2.69 bits per heavy atom. The first-order valence-corrected chi connectivity index (χ1v) is 7.90. The zero-order valence-corrected chi connectivity index (χ0v) is 13.3. The summed E-state index contributed by atoms with van der Waals surface area (Å²) in [5.41, 5.74) is -3.87. The number of pyridine rings is 1. The van der Waals surface area contributed by atoms with Gasteiger partial charge >= 0.3 is 11.8 Å². The Kier molecular flexibility index (Phi) is 3.34. The first kappa shape index (κ1) is 16.8. The summed E-state index contributed by atoms with van der Waals surface area (Å²) < 4.78 is 62.8. The monoisotopic (exact) mass is 364 g/mol. The zero-order valence-electron chi connectivity index (χ0n) is 13.3. The molecular formula is C18H12F4N2O2.